The summed E-state index contributed by atoms with van der Waals surface area (Å²) in [6.45, 7) is 10.6. The molecule has 0 fully saturated rings. The predicted octanol–water partition coefficient (Wildman–Crippen LogP) is 3.35. The Morgan fingerprint density at radius 2 is 1.94 bits per heavy atom. The lowest BCUT2D eigenvalue weighted by molar-refractivity contribution is -0.123. The minimum atomic E-state index is -0.0216. The van der Waals surface area contributed by atoms with Crippen LogP contribution in [-0.2, 0) is 4.79 Å². The molecule has 0 bridgehead atoms. The molecule has 0 aromatic heterocycles. The summed E-state index contributed by atoms with van der Waals surface area (Å²) in [4.78, 5) is 14.2. The summed E-state index contributed by atoms with van der Waals surface area (Å²) in [7, 11) is 0. The molecule has 1 rings (SSSR count). The lowest BCUT2D eigenvalue weighted by Gasteiger charge is -2.27. The topological polar surface area (TPSA) is 40.5 Å². The Hall–Kier alpha value is -1.51. The van der Waals surface area contributed by atoms with Gasteiger partial charge in [-0.05, 0) is 31.4 Å². The first-order valence-electron chi connectivity index (χ1n) is 6.49. The quantitative estimate of drug-likeness (QED) is 0.889. The van der Waals surface area contributed by atoms with Crippen LogP contribution >= 0.6 is 0 Å². The average molecular weight is 249 g/mol. The lowest BCUT2D eigenvalue weighted by atomic mass is 9.96. The van der Waals surface area contributed by atoms with Gasteiger partial charge >= 0.3 is 0 Å². The summed E-state index contributed by atoms with van der Waals surface area (Å²) < 4.78 is 0. The molecule has 1 amide bonds. The molecule has 0 heterocycles. The minimum Gasteiger partial charge on any atom is -0.508 e. The second-order valence-electron chi connectivity index (χ2n) is 5.09. The average Bonchev–Trinajstić information content (AvgIpc) is 2.33. The van der Waals surface area contributed by atoms with Crippen molar-refractivity contribution in [1.82, 2.24) is 0 Å². The number of rotatable bonds is 4. The number of carbonyl (C=O) groups excluding carboxylic acids is 1. The van der Waals surface area contributed by atoms with Crippen molar-refractivity contribution in [2.45, 2.75) is 34.6 Å². The van der Waals surface area contributed by atoms with Crippen LogP contribution in [0.5, 0.6) is 5.75 Å². The second kappa shape index (κ2) is 5.89. The van der Waals surface area contributed by atoms with Gasteiger partial charge in [0.05, 0.1) is 5.69 Å². The van der Waals surface area contributed by atoms with E-state index in [9.17, 15) is 9.90 Å². The van der Waals surface area contributed by atoms with E-state index < -0.39 is 0 Å². The highest BCUT2D eigenvalue weighted by molar-refractivity contribution is 5.95. The van der Waals surface area contributed by atoms with Crippen molar-refractivity contribution in [2.24, 2.45) is 11.8 Å². The van der Waals surface area contributed by atoms with Crippen molar-refractivity contribution in [3.8, 4) is 5.75 Å². The zero-order valence-corrected chi connectivity index (χ0v) is 11.9. The number of phenols is 1. The Bertz CT molecular complexity index is 427. The normalized spacial score (nSPS) is 12.6. The van der Waals surface area contributed by atoms with Crippen LogP contribution in [0.1, 0.15) is 33.3 Å². The van der Waals surface area contributed by atoms with E-state index in [0.29, 0.717) is 12.5 Å². The van der Waals surface area contributed by atoms with Crippen molar-refractivity contribution >= 4 is 11.6 Å². The number of amides is 1. The van der Waals surface area contributed by atoms with E-state index in [1.807, 2.05) is 40.7 Å². The van der Waals surface area contributed by atoms with E-state index in [1.165, 1.54) is 0 Å². The molecule has 1 atom stereocenters. The van der Waals surface area contributed by atoms with Crippen LogP contribution in [0.25, 0.3) is 0 Å². The molecule has 3 nitrogen and oxygen atoms in total. The van der Waals surface area contributed by atoms with Gasteiger partial charge in [0.15, 0.2) is 0 Å². The number of carbonyl (C=O) groups is 1. The highest BCUT2D eigenvalue weighted by Crippen LogP contribution is 2.27. The number of phenolic OH excluding ortho intramolecular Hbond substituents is 1. The molecule has 100 valence electrons. The summed E-state index contributed by atoms with van der Waals surface area (Å²) >= 11 is 0. The van der Waals surface area contributed by atoms with Crippen molar-refractivity contribution < 1.29 is 9.90 Å². The number of aryl methyl sites for hydroxylation is 1. The third-order valence-corrected chi connectivity index (χ3v) is 3.46. The van der Waals surface area contributed by atoms with Crippen LogP contribution < -0.4 is 4.90 Å². The van der Waals surface area contributed by atoms with Gasteiger partial charge in [-0.1, -0.05) is 26.8 Å². The van der Waals surface area contributed by atoms with Crippen molar-refractivity contribution in [3.05, 3.63) is 23.8 Å². The maximum absolute atomic E-state index is 12.4. The van der Waals surface area contributed by atoms with Crippen LogP contribution in [0.2, 0.25) is 0 Å². The molecule has 0 radical (unpaired) electrons. The van der Waals surface area contributed by atoms with E-state index in [4.69, 9.17) is 0 Å². The van der Waals surface area contributed by atoms with Gasteiger partial charge < -0.3 is 10.0 Å². The van der Waals surface area contributed by atoms with Gasteiger partial charge in [0.25, 0.3) is 0 Å². The Morgan fingerprint density at radius 3 is 2.44 bits per heavy atom. The van der Waals surface area contributed by atoms with Crippen molar-refractivity contribution in [2.75, 3.05) is 11.4 Å². The first-order chi connectivity index (χ1) is 8.38. The number of benzene rings is 1. The summed E-state index contributed by atoms with van der Waals surface area (Å²) in [5.74, 6) is 0.594. The largest absolute Gasteiger partial charge is 0.508 e. The van der Waals surface area contributed by atoms with Gasteiger partial charge in [0, 0.05) is 18.5 Å². The van der Waals surface area contributed by atoms with Crippen LogP contribution in [0.15, 0.2) is 18.2 Å². The van der Waals surface area contributed by atoms with E-state index in [-0.39, 0.29) is 17.6 Å². The highest BCUT2D eigenvalue weighted by atomic mass is 16.3. The molecule has 1 aromatic carbocycles. The monoisotopic (exact) mass is 249 g/mol. The Kier molecular flexibility index (Phi) is 4.76. The summed E-state index contributed by atoms with van der Waals surface area (Å²) in [5, 5.41) is 9.57. The molecule has 0 aliphatic heterocycles. The molecular weight excluding hydrogens is 226 g/mol. The van der Waals surface area contributed by atoms with Gasteiger partial charge in [-0.25, -0.2) is 0 Å². The number of hydrogen-bond acceptors (Lipinski definition) is 2. The first kappa shape index (κ1) is 14.6. The lowest BCUT2D eigenvalue weighted by Crippen LogP contribution is -2.37. The van der Waals surface area contributed by atoms with Gasteiger partial charge in [-0.2, -0.15) is 0 Å². The molecule has 0 aliphatic rings. The number of nitrogens with zero attached hydrogens (tertiary/aromatic N) is 1. The smallest absolute Gasteiger partial charge is 0.230 e. The molecule has 18 heavy (non-hydrogen) atoms. The van der Waals surface area contributed by atoms with Crippen LogP contribution in [0.3, 0.4) is 0 Å². The molecule has 3 heteroatoms. The van der Waals surface area contributed by atoms with Crippen LogP contribution in [-0.4, -0.2) is 17.6 Å². The van der Waals surface area contributed by atoms with Gasteiger partial charge in [0.1, 0.15) is 5.75 Å². The SMILES string of the molecule is CCN(C(=O)C(C)C(C)C)c1cc(O)ccc1C. The molecule has 0 saturated heterocycles. The van der Waals surface area contributed by atoms with Gasteiger partial charge in [0.2, 0.25) is 5.91 Å². The number of anilines is 1. The molecule has 1 N–H and O–H groups in total. The Labute approximate surface area is 109 Å². The Balaban J connectivity index is 3.10. The van der Waals surface area contributed by atoms with Gasteiger partial charge in [-0.15, -0.1) is 0 Å². The summed E-state index contributed by atoms with van der Waals surface area (Å²) in [6, 6.07) is 5.13. The maximum Gasteiger partial charge on any atom is 0.230 e. The van der Waals surface area contributed by atoms with E-state index in [0.717, 1.165) is 11.3 Å². The van der Waals surface area contributed by atoms with Gasteiger partial charge in [-0.3, -0.25) is 4.79 Å². The zero-order chi connectivity index (χ0) is 13.9. The van der Waals surface area contributed by atoms with Crippen LogP contribution in [0, 0.1) is 18.8 Å². The number of aromatic hydroxyl groups is 1. The standard InChI is InChI=1S/C15H23NO2/c1-6-16(15(18)12(5)10(2)3)14-9-13(17)8-7-11(14)4/h7-10,12,17H,6H2,1-5H3. The van der Waals surface area contributed by atoms with Crippen LogP contribution in [0.4, 0.5) is 5.69 Å². The molecule has 0 saturated carbocycles. The first-order valence-corrected chi connectivity index (χ1v) is 6.49. The fraction of sp³-hybridized carbons (Fsp3) is 0.533. The third-order valence-electron chi connectivity index (χ3n) is 3.46. The van der Waals surface area contributed by atoms with Crippen molar-refractivity contribution in [3.63, 3.8) is 0 Å². The fourth-order valence-electron chi connectivity index (χ4n) is 1.86. The highest BCUT2D eigenvalue weighted by Gasteiger charge is 2.24. The Morgan fingerprint density at radius 1 is 1.33 bits per heavy atom. The second-order valence-corrected chi connectivity index (χ2v) is 5.09. The maximum atomic E-state index is 12.4. The number of hydrogen-bond donors (Lipinski definition) is 1. The van der Waals surface area contributed by atoms with E-state index in [2.05, 4.69) is 0 Å². The fourth-order valence-corrected chi connectivity index (χ4v) is 1.86. The molecule has 1 unspecified atom stereocenters. The van der Waals surface area contributed by atoms with E-state index >= 15 is 0 Å². The van der Waals surface area contributed by atoms with Crippen molar-refractivity contribution in [1.29, 1.82) is 0 Å². The summed E-state index contributed by atoms with van der Waals surface area (Å²) in [5.41, 5.74) is 1.80. The summed E-state index contributed by atoms with van der Waals surface area (Å²) in [6.07, 6.45) is 0. The third kappa shape index (κ3) is 3.03. The molecule has 1 aromatic rings. The predicted molar refractivity (Wildman–Crippen MR) is 74.9 cm³/mol. The van der Waals surface area contributed by atoms with E-state index in [1.54, 1.807) is 17.0 Å². The molecular formula is C15H23NO2. The zero-order valence-electron chi connectivity index (χ0n) is 11.9. The molecule has 0 spiro atoms. The minimum absolute atomic E-state index is 0.0216. The molecule has 0 aliphatic carbocycles.